The van der Waals surface area contributed by atoms with Gasteiger partial charge in [-0.1, -0.05) is 11.6 Å². The fourth-order valence-corrected chi connectivity index (χ4v) is 1.45. The third-order valence-corrected chi connectivity index (χ3v) is 2.37. The molecule has 0 N–H and O–H groups in total. The van der Waals surface area contributed by atoms with Gasteiger partial charge in [0.1, 0.15) is 10.7 Å². The summed E-state index contributed by atoms with van der Waals surface area (Å²) in [5.41, 5.74) is 0.922. The standard InChI is InChI=1S/C11H8ClN3O2/c1-17-11(16)8-6-14-10(15-9(8)12)7-2-4-13-5-3-7/h2-6H,1H3. The van der Waals surface area contributed by atoms with E-state index in [9.17, 15) is 4.79 Å². The molecule has 0 amide bonds. The highest BCUT2D eigenvalue weighted by atomic mass is 35.5. The zero-order chi connectivity index (χ0) is 12.3. The van der Waals surface area contributed by atoms with E-state index in [0.717, 1.165) is 5.56 Å². The molecule has 5 nitrogen and oxygen atoms in total. The van der Waals surface area contributed by atoms with Crippen molar-refractivity contribution in [3.8, 4) is 11.4 Å². The van der Waals surface area contributed by atoms with Crippen LogP contribution >= 0.6 is 11.6 Å². The first-order chi connectivity index (χ1) is 8.22. The molecule has 0 unspecified atom stereocenters. The van der Waals surface area contributed by atoms with Crippen molar-refractivity contribution >= 4 is 17.6 Å². The monoisotopic (exact) mass is 249 g/mol. The molecule has 0 fully saturated rings. The van der Waals surface area contributed by atoms with Crippen molar-refractivity contribution < 1.29 is 9.53 Å². The maximum Gasteiger partial charge on any atom is 0.342 e. The van der Waals surface area contributed by atoms with Crippen molar-refractivity contribution in [3.63, 3.8) is 0 Å². The van der Waals surface area contributed by atoms with E-state index < -0.39 is 5.97 Å². The molecule has 2 heterocycles. The Bertz CT molecular complexity index is 546. The van der Waals surface area contributed by atoms with Crippen LogP contribution in [-0.2, 0) is 4.74 Å². The van der Waals surface area contributed by atoms with Crippen LogP contribution < -0.4 is 0 Å². The summed E-state index contributed by atoms with van der Waals surface area (Å²) in [6.07, 6.45) is 4.60. The zero-order valence-electron chi connectivity index (χ0n) is 8.92. The van der Waals surface area contributed by atoms with Crippen LogP contribution in [-0.4, -0.2) is 28.0 Å². The molecule has 0 aliphatic carbocycles. The lowest BCUT2D eigenvalue weighted by atomic mass is 10.2. The summed E-state index contributed by atoms with van der Waals surface area (Å²) in [6.45, 7) is 0. The molecule has 0 spiro atoms. The minimum atomic E-state index is -0.559. The van der Waals surface area contributed by atoms with Crippen LogP contribution in [0.25, 0.3) is 11.4 Å². The molecule has 0 saturated carbocycles. The van der Waals surface area contributed by atoms with Crippen LogP contribution in [0.3, 0.4) is 0 Å². The number of hydrogen-bond donors (Lipinski definition) is 0. The van der Waals surface area contributed by atoms with E-state index in [1.807, 2.05) is 0 Å². The lowest BCUT2D eigenvalue weighted by Gasteiger charge is -2.03. The number of nitrogens with zero attached hydrogens (tertiary/aromatic N) is 3. The summed E-state index contributed by atoms with van der Waals surface area (Å²) in [6, 6.07) is 3.51. The van der Waals surface area contributed by atoms with Gasteiger partial charge < -0.3 is 4.74 Å². The van der Waals surface area contributed by atoms with Crippen LogP contribution in [0.2, 0.25) is 5.15 Å². The van der Waals surface area contributed by atoms with Crippen molar-refractivity contribution in [1.82, 2.24) is 15.0 Å². The number of halogens is 1. The summed E-state index contributed by atoms with van der Waals surface area (Å²) >= 11 is 5.89. The van der Waals surface area contributed by atoms with E-state index >= 15 is 0 Å². The summed E-state index contributed by atoms with van der Waals surface area (Å²) in [4.78, 5) is 23.3. The Hall–Kier alpha value is -2.01. The first kappa shape index (κ1) is 11.5. The van der Waals surface area contributed by atoms with Crippen molar-refractivity contribution in [2.45, 2.75) is 0 Å². The average molecular weight is 250 g/mol. The Morgan fingerprint density at radius 3 is 2.65 bits per heavy atom. The largest absolute Gasteiger partial charge is 0.465 e. The number of rotatable bonds is 2. The summed E-state index contributed by atoms with van der Waals surface area (Å²) < 4.78 is 4.55. The number of methoxy groups -OCH3 is 1. The lowest BCUT2D eigenvalue weighted by Crippen LogP contribution is -2.05. The second-order valence-electron chi connectivity index (χ2n) is 3.13. The van der Waals surface area contributed by atoms with Crippen LogP contribution in [0.15, 0.2) is 30.7 Å². The molecule has 2 aromatic heterocycles. The van der Waals surface area contributed by atoms with Crippen molar-refractivity contribution in [2.24, 2.45) is 0 Å². The Morgan fingerprint density at radius 2 is 2.06 bits per heavy atom. The summed E-state index contributed by atoms with van der Waals surface area (Å²) in [5, 5.41) is 0.0682. The fourth-order valence-electron chi connectivity index (χ4n) is 1.25. The molecule has 0 aliphatic rings. The van der Waals surface area contributed by atoms with Crippen molar-refractivity contribution in [3.05, 3.63) is 41.4 Å². The number of hydrogen-bond acceptors (Lipinski definition) is 5. The van der Waals surface area contributed by atoms with E-state index in [1.165, 1.54) is 13.3 Å². The Kier molecular flexibility index (Phi) is 3.30. The predicted molar refractivity (Wildman–Crippen MR) is 61.6 cm³/mol. The maximum absolute atomic E-state index is 11.3. The van der Waals surface area contributed by atoms with Gasteiger partial charge in [-0.3, -0.25) is 4.98 Å². The van der Waals surface area contributed by atoms with E-state index in [2.05, 4.69) is 19.7 Å². The quantitative estimate of drug-likeness (QED) is 0.601. The molecule has 86 valence electrons. The highest BCUT2D eigenvalue weighted by Gasteiger charge is 2.13. The third-order valence-electron chi connectivity index (χ3n) is 2.09. The smallest absolute Gasteiger partial charge is 0.342 e. The van der Waals surface area contributed by atoms with Crippen LogP contribution in [0, 0.1) is 0 Å². The van der Waals surface area contributed by atoms with Crippen LogP contribution in [0.1, 0.15) is 10.4 Å². The lowest BCUT2D eigenvalue weighted by molar-refractivity contribution is 0.0600. The summed E-state index contributed by atoms with van der Waals surface area (Å²) in [5.74, 6) is -0.124. The highest BCUT2D eigenvalue weighted by Crippen LogP contribution is 2.19. The van der Waals surface area contributed by atoms with Gasteiger partial charge in [0.15, 0.2) is 5.82 Å². The molecule has 0 radical (unpaired) electrons. The molecule has 0 aromatic carbocycles. The molecule has 2 aromatic rings. The first-order valence-electron chi connectivity index (χ1n) is 4.73. The van der Waals surface area contributed by atoms with Crippen molar-refractivity contribution in [1.29, 1.82) is 0 Å². The Morgan fingerprint density at radius 1 is 1.35 bits per heavy atom. The van der Waals surface area contributed by atoms with E-state index in [-0.39, 0.29) is 10.7 Å². The van der Waals surface area contributed by atoms with Gasteiger partial charge in [-0.15, -0.1) is 0 Å². The number of esters is 1. The number of carbonyl (C=O) groups excluding carboxylic acids is 1. The number of aromatic nitrogens is 3. The normalized spacial score (nSPS) is 10.0. The minimum absolute atomic E-state index is 0.0682. The number of pyridine rings is 1. The van der Waals surface area contributed by atoms with Gasteiger partial charge in [-0.25, -0.2) is 14.8 Å². The number of carbonyl (C=O) groups is 1. The van der Waals surface area contributed by atoms with Gasteiger partial charge in [0.25, 0.3) is 0 Å². The van der Waals surface area contributed by atoms with Gasteiger partial charge in [-0.2, -0.15) is 0 Å². The molecular weight excluding hydrogens is 242 g/mol. The third kappa shape index (κ3) is 2.39. The van der Waals surface area contributed by atoms with Crippen LogP contribution in [0.4, 0.5) is 0 Å². The van der Waals surface area contributed by atoms with Gasteiger partial charge >= 0.3 is 5.97 Å². The molecule has 6 heteroatoms. The van der Waals surface area contributed by atoms with E-state index in [0.29, 0.717) is 5.82 Å². The second kappa shape index (κ2) is 4.88. The average Bonchev–Trinajstić information content (AvgIpc) is 2.39. The van der Waals surface area contributed by atoms with Crippen LogP contribution in [0.5, 0.6) is 0 Å². The predicted octanol–water partition coefficient (Wildman–Crippen LogP) is 1.98. The van der Waals surface area contributed by atoms with E-state index in [1.54, 1.807) is 24.5 Å². The molecule has 17 heavy (non-hydrogen) atoms. The minimum Gasteiger partial charge on any atom is -0.465 e. The second-order valence-corrected chi connectivity index (χ2v) is 3.48. The Balaban J connectivity index is 2.41. The van der Waals surface area contributed by atoms with Gasteiger partial charge in [0.2, 0.25) is 0 Å². The SMILES string of the molecule is COC(=O)c1cnc(-c2ccncc2)nc1Cl. The van der Waals surface area contributed by atoms with Gasteiger partial charge in [-0.05, 0) is 12.1 Å². The molecule has 0 aliphatic heterocycles. The Labute approximate surface area is 102 Å². The van der Waals surface area contributed by atoms with Gasteiger partial charge in [0.05, 0.1) is 7.11 Å². The highest BCUT2D eigenvalue weighted by molar-refractivity contribution is 6.32. The molecule has 0 atom stereocenters. The summed E-state index contributed by atoms with van der Waals surface area (Å²) in [7, 11) is 1.27. The molecular formula is C11H8ClN3O2. The first-order valence-corrected chi connectivity index (χ1v) is 5.11. The molecule has 0 bridgehead atoms. The van der Waals surface area contributed by atoms with E-state index in [4.69, 9.17) is 11.6 Å². The fraction of sp³-hybridized carbons (Fsp3) is 0.0909. The maximum atomic E-state index is 11.3. The molecule has 2 rings (SSSR count). The number of ether oxygens (including phenoxy) is 1. The topological polar surface area (TPSA) is 65.0 Å². The zero-order valence-corrected chi connectivity index (χ0v) is 9.68. The molecule has 0 saturated heterocycles. The van der Waals surface area contributed by atoms with Crippen molar-refractivity contribution in [2.75, 3.05) is 7.11 Å². The van der Waals surface area contributed by atoms with Gasteiger partial charge in [0, 0.05) is 24.2 Å².